The molecule has 0 saturated heterocycles. The second-order valence-electron chi connectivity index (χ2n) is 18.9. The van der Waals surface area contributed by atoms with Crippen LogP contribution >= 0.6 is 0 Å². The predicted octanol–water partition coefficient (Wildman–Crippen LogP) is 12.0. The van der Waals surface area contributed by atoms with Crippen LogP contribution in [0.15, 0.2) is 97.1 Å². The molecule has 8 saturated carbocycles. The summed E-state index contributed by atoms with van der Waals surface area (Å²) in [5.41, 5.74) is 7.57. The Morgan fingerprint density at radius 2 is 0.796 bits per heavy atom. The highest BCUT2D eigenvalue weighted by molar-refractivity contribution is 6.08. The van der Waals surface area contributed by atoms with E-state index < -0.39 is 0 Å². The number of benzene rings is 5. The first kappa shape index (κ1) is 31.5. The lowest BCUT2D eigenvalue weighted by atomic mass is 9.48. The summed E-state index contributed by atoms with van der Waals surface area (Å²) < 4.78 is 0. The number of nitriles is 1. The molecular formula is C50H46N4. The molecule has 6 aromatic rings. The third-order valence-corrected chi connectivity index (χ3v) is 15.4. The molecule has 14 rings (SSSR count). The second-order valence-corrected chi connectivity index (χ2v) is 18.9. The molecule has 8 aliphatic carbocycles. The lowest BCUT2D eigenvalue weighted by molar-refractivity contribution is -0.00530. The second kappa shape index (κ2) is 11.6. The Morgan fingerprint density at radius 1 is 0.426 bits per heavy atom. The van der Waals surface area contributed by atoms with Crippen LogP contribution in [0.5, 0.6) is 0 Å². The quantitative estimate of drug-likeness (QED) is 0.168. The van der Waals surface area contributed by atoms with Crippen LogP contribution < -0.4 is 0 Å². The minimum atomic E-state index is 0.368. The number of hydrogen-bond acceptors (Lipinski definition) is 4. The van der Waals surface area contributed by atoms with E-state index in [1.165, 1.54) is 88.2 Å². The third kappa shape index (κ3) is 4.96. The Balaban J connectivity index is 0.937. The standard InChI is InChI=1S/C50H46N4/c51-29-30-1-13-44-39(21-30)2-3-40-22-41(8-14-45(40)44)48-53-46(37-4-9-42(10-5-37)49-23-31-15-32(24-49)17-33(16-31)25-49)52-47(54-48)38-6-11-43(12-7-38)50-26-34-18-35(27-50)20-36(19-34)28-50/h1-14,21-22,31-36H,15-20,23-28H2/t31-,32+,33-,34-,35+,36-,49?,50?. The van der Waals surface area contributed by atoms with Crippen molar-refractivity contribution in [3.05, 3.63) is 114 Å². The van der Waals surface area contributed by atoms with Gasteiger partial charge in [0.2, 0.25) is 0 Å². The molecule has 4 heteroatoms. The van der Waals surface area contributed by atoms with Crippen LogP contribution in [0.1, 0.15) is 93.7 Å². The molecule has 4 nitrogen and oxygen atoms in total. The maximum Gasteiger partial charge on any atom is 0.164 e. The summed E-state index contributed by atoms with van der Waals surface area (Å²) in [5, 5.41) is 14.0. The van der Waals surface area contributed by atoms with Gasteiger partial charge in [0.1, 0.15) is 0 Å². The largest absolute Gasteiger partial charge is 0.208 e. The van der Waals surface area contributed by atoms with Gasteiger partial charge in [0, 0.05) is 16.7 Å². The van der Waals surface area contributed by atoms with Crippen molar-refractivity contribution in [2.24, 2.45) is 35.5 Å². The zero-order chi connectivity index (χ0) is 35.6. The van der Waals surface area contributed by atoms with Crippen molar-refractivity contribution in [1.29, 1.82) is 5.26 Å². The molecular weight excluding hydrogens is 657 g/mol. The molecule has 8 bridgehead atoms. The third-order valence-electron chi connectivity index (χ3n) is 15.4. The fourth-order valence-electron chi connectivity index (χ4n) is 13.9. The Morgan fingerprint density at radius 3 is 1.22 bits per heavy atom. The van der Waals surface area contributed by atoms with E-state index in [0.717, 1.165) is 85.4 Å². The summed E-state index contributed by atoms with van der Waals surface area (Å²) in [6.45, 7) is 0. The molecule has 54 heavy (non-hydrogen) atoms. The normalized spacial score (nSPS) is 31.7. The Bertz CT molecular complexity index is 2350. The number of aromatic nitrogens is 3. The van der Waals surface area contributed by atoms with Gasteiger partial charge in [0.15, 0.2) is 17.5 Å². The molecule has 8 aliphatic rings. The van der Waals surface area contributed by atoms with Crippen LogP contribution in [0.3, 0.4) is 0 Å². The van der Waals surface area contributed by atoms with Gasteiger partial charge in [-0.1, -0.05) is 78.9 Å². The Labute approximate surface area is 318 Å². The molecule has 5 aromatic carbocycles. The Kier molecular flexibility index (Phi) is 6.74. The zero-order valence-electron chi connectivity index (χ0n) is 31.0. The van der Waals surface area contributed by atoms with E-state index in [0.29, 0.717) is 22.2 Å². The highest BCUT2D eigenvalue weighted by Gasteiger charge is 2.52. The van der Waals surface area contributed by atoms with E-state index in [9.17, 15) is 5.26 Å². The molecule has 0 amide bonds. The van der Waals surface area contributed by atoms with Gasteiger partial charge in [-0.25, -0.2) is 15.0 Å². The van der Waals surface area contributed by atoms with E-state index in [2.05, 4.69) is 91.0 Å². The number of rotatable bonds is 5. The Hall–Kier alpha value is -4.88. The van der Waals surface area contributed by atoms with Gasteiger partial charge < -0.3 is 0 Å². The van der Waals surface area contributed by atoms with Gasteiger partial charge in [0.25, 0.3) is 0 Å². The first-order chi connectivity index (χ1) is 26.5. The van der Waals surface area contributed by atoms with Crippen molar-refractivity contribution in [3.8, 4) is 40.2 Å². The van der Waals surface area contributed by atoms with Gasteiger partial charge in [0.05, 0.1) is 11.6 Å². The summed E-state index contributed by atoms with van der Waals surface area (Å²) in [4.78, 5) is 15.6. The number of nitrogens with zero attached hydrogens (tertiary/aromatic N) is 4. The lowest BCUT2D eigenvalue weighted by Crippen LogP contribution is -2.48. The molecule has 0 N–H and O–H groups in total. The molecule has 0 atom stereocenters. The average molecular weight is 703 g/mol. The molecule has 0 spiro atoms. The van der Waals surface area contributed by atoms with Gasteiger partial charge >= 0.3 is 0 Å². The van der Waals surface area contributed by atoms with Crippen LogP contribution in [0, 0.1) is 46.8 Å². The SMILES string of the molecule is N#Cc1ccc2c(ccc3cc(-c4nc(-c5ccc(C67C[C@H]8C[C@@H](C6)C[C@@H](C7)C8)cc5)nc(-c5ccc(C67C[C@H]8C[C@@H](C6)C[C@@H](C7)C8)cc5)n4)ccc32)c1. The van der Waals surface area contributed by atoms with Crippen molar-refractivity contribution in [1.82, 2.24) is 15.0 Å². The van der Waals surface area contributed by atoms with E-state index in [1.807, 2.05) is 12.1 Å². The first-order valence-corrected chi connectivity index (χ1v) is 20.8. The maximum absolute atomic E-state index is 9.45. The van der Waals surface area contributed by atoms with Gasteiger partial charge in [-0.05, 0) is 174 Å². The van der Waals surface area contributed by atoms with E-state index in [4.69, 9.17) is 15.0 Å². The highest BCUT2D eigenvalue weighted by Crippen LogP contribution is 2.62. The minimum Gasteiger partial charge on any atom is -0.208 e. The summed E-state index contributed by atoms with van der Waals surface area (Å²) in [6, 6.07) is 37.8. The summed E-state index contributed by atoms with van der Waals surface area (Å²) >= 11 is 0. The van der Waals surface area contributed by atoms with Crippen molar-refractivity contribution < 1.29 is 0 Å². The minimum absolute atomic E-state index is 0.368. The number of fused-ring (bicyclic) bond motifs is 3. The lowest BCUT2D eigenvalue weighted by Gasteiger charge is -2.57. The van der Waals surface area contributed by atoms with Crippen LogP contribution in [0.25, 0.3) is 55.7 Å². The van der Waals surface area contributed by atoms with E-state index in [1.54, 1.807) is 0 Å². The van der Waals surface area contributed by atoms with E-state index >= 15 is 0 Å². The maximum atomic E-state index is 9.45. The van der Waals surface area contributed by atoms with Crippen molar-refractivity contribution >= 4 is 21.5 Å². The van der Waals surface area contributed by atoms with Crippen LogP contribution in [-0.2, 0) is 10.8 Å². The summed E-state index contributed by atoms with van der Waals surface area (Å²) in [5.74, 6) is 7.72. The highest BCUT2D eigenvalue weighted by atomic mass is 15.0. The smallest absolute Gasteiger partial charge is 0.164 e. The molecule has 0 aliphatic heterocycles. The monoisotopic (exact) mass is 702 g/mol. The fourth-order valence-corrected chi connectivity index (χ4v) is 13.9. The van der Waals surface area contributed by atoms with Gasteiger partial charge in [-0.15, -0.1) is 0 Å². The van der Waals surface area contributed by atoms with Crippen LogP contribution in [0.2, 0.25) is 0 Å². The van der Waals surface area contributed by atoms with Crippen molar-refractivity contribution in [3.63, 3.8) is 0 Å². The van der Waals surface area contributed by atoms with Crippen LogP contribution in [0.4, 0.5) is 0 Å². The molecule has 0 unspecified atom stereocenters. The average Bonchev–Trinajstić information content (AvgIpc) is 3.19. The fraction of sp³-hybridized carbons (Fsp3) is 0.400. The zero-order valence-corrected chi connectivity index (χ0v) is 31.0. The molecule has 266 valence electrons. The van der Waals surface area contributed by atoms with Crippen LogP contribution in [-0.4, -0.2) is 15.0 Å². The molecule has 1 aromatic heterocycles. The van der Waals surface area contributed by atoms with Gasteiger partial charge in [-0.2, -0.15) is 5.26 Å². The summed E-state index contributed by atoms with van der Waals surface area (Å²) in [7, 11) is 0. The first-order valence-electron chi connectivity index (χ1n) is 20.8. The molecule has 0 radical (unpaired) electrons. The molecule has 1 heterocycles. The summed E-state index contributed by atoms with van der Waals surface area (Å²) in [6.07, 6.45) is 17.0. The topological polar surface area (TPSA) is 62.5 Å². The predicted molar refractivity (Wildman–Crippen MR) is 216 cm³/mol. The van der Waals surface area contributed by atoms with Gasteiger partial charge in [-0.3, -0.25) is 0 Å². The van der Waals surface area contributed by atoms with Crippen molar-refractivity contribution in [2.45, 2.75) is 87.9 Å². The van der Waals surface area contributed by atoms with Crippen molar-refractivity contribution in [2.75, 3.05) is 0 Å². The number of hydrogen-bond donors (Lipinski definition) is 0. The molecule has 8 fully saturated rings. The van der Waals surface area contributed by atoms with E-state index in [-0.39, 0.29) is 0 Å².